The molecule has 1 aliphatic heterocycles. The molecule has 1 N–H and O–H groups in total. The first-order valence-corrected chi connectivity index (χ1v) is 6.99. The Morgan fingerprint density at radius 1 is 1.40 bits per heavy atom. The molecule has 0 amide bonds. The summed E-state index contributed by atoms with van der Waals surface area (Å²) in [6, 6.07) is 7.84. The number of hydrogen-bond acceptors (Lipinski definition) is 4. The molecule has 1 aromatic rings. The number of benzene rings is 1. The highest BCUT2D eigenvalue weighted by atomic mass is 32.1. The number of nitrogens with zero attached hydrogens (tertiary/aromatic N) is 2. The second-order valence-corrected chi connectivity index (χ2v) is 4.61. The Morgan fingerprint density at radius 2 is 2.15 bits per heavy atom. The van der Waals surface area contributed by atoms with Gasteiger partial charge >= 0.3 is 0 Å². The average Bonchev–Trinajstić information content (AvgIpc) is 2.48. The molecular formula is C14H17N3O2S. The summed E-state index contributed by atoms with van der Waals surface area (Å²) in [6.45, 7) is 4.39. The van der Waals surface area contributed by atoms with E-state index in [1.54, 1.807) is 0 Å². The second-order valence-electron chi connectivity index (χ2n) is 4.22. The molecule has 6 heteroatoms. The van der Waals surface area contributed by atoms with Crippen molar-refractivity contribution in [3.05, 3.63) is 18.2 Å². The molecule has 20 heavy (non-hydrogen) atoms. The minimum atomic E-state index is 0.403. The van der Waals surface area contributed by atoms with Gasteiger partial charge in [0.05, 0.1) is 12.5 Å². The van der Waals surface area contributed by atoms with Gasteiger partial charge in [0.2, 0.25) is 0 Å². The Hall–Kier alpha value is -2.00. The van der Waals surface area contributed by atoms with Crippen molar-refractivity contribution in [3.63, 3.8) is 0 Å². The van der Waals surface area contributed by atoms with Gasteiger partial charge in [-0.25, -0.2) is 0 Å². The van der Waals surface area contributed by atoms with Crippen LogP contribution in [0, 0.1) is 11.3 Å². The summed E-state index contributed by atoms with van der Waals surface area (Å²) in [7, 11) is 0. The zero-order chi connectivity index (χ0) is 14.4. The van der Waals surface area contributed by atoms with Gasteiger partial charge in [-0.3, -0.25) is 0 Å². The quantitative estimate of drug-likeness (QED) is 0.857. The molecule has 1 aliphatic rings. The average molecular weight is 291 g/mol. The second kappa shape index (κ2) is 6.96. The van der Waals surface area contributed by atoms with Crippen LogP contribution in [0.2, 0.25) is 0 Å². The molecule has 0 spiro atoms. The Labute approximate surface area is 124 Å². The van der Waals surface area contributed by atoms with Gasteiger partial charge in [0.15, 0.2) is 16.6 Å². The molecule has 0 bridgehead atoms. The van der Waals surface area contributed by atoms with Crippen molar-refractivity contribution < 1.29 is 9.47 Å². The molecule has 0 radical (unpaired) electrons. The molecule has 5 nitrogen and oxygen atoms in total. The van der Waals surface area contributed by atoms with Crippen molar-refractivity contribution in [2.45, 2.75) is 13.3 Å². The number of anilines is 1. The largest absolute Gasteiger partial charge is 0.486 e. The van der Waals surface area contributed by atoms with Crippen LogP contribution in [-0.4, -0.2) is 31.4 Å². The lowest BCUT2D eigenvalue weighted by Gasteiger charge is -2.26. The monoisotopic (exact) mass is 291 g/mol. The number of hydrogen-bond donors (Lipinski definition) is 1. The fourth-order valence-corrected chi connectivity index (χ4v) is 2.30. The van der Waals surface area contributed by atoms with E-state index in [0.29, 0.717) is 31.3 Å². The number of ether oxygens (including phenoxy) is 2. The number of fused-ring (bicyclic) bond motifs is 1. The van der Waals surface area contributed by atoms with Gasteiger partial charge in [-0.2, -0.15) is 5.26 Å². The zero-order valence-corrected chi connectivity index (χ0v) is 12.2. The maximum absolute atomic E-state index is 8.78. The van der Waals surface area contributed by atoms with Crippen molar-refractivity contribution in [1.29, 1.82) is 5.26 Å². The van der Waals surface area contributed by atoms with Crippen LogP contribution in [0.5, 0.6) is 11.5 Å². The highest BCUT2D eigenvalue weighted by Crippen LogP contribution is 2.34. The Bertz CT molecular complexity index is 528. The van der Waals surface area contributed by atoms with Crippen LogP contribution in [0.3, 0.4) is 0 Å². The first-order valence-electron chi connectivity index (χ1n) is 6.58. The standard InChI is InChI=1S/C14H17N3O2S/c1-2-16-14(20)17(7-3-6-15)11-4-5-12-13(10-11)19-9-8-18-12/h4-5,10H,2-3,7-9H2,1H3,(H,16,20). The van der Waals surface area contributed by atoms with Gasteiger partial charge in [0.25, 0.3) is 0 Å². The molecule has 0 atom stereocenters. The van der Waals surface area contributed by atoms with Crippen LogP contribution in [0.25, 0.3) is 0 Å². The van der Waals surface area contributed by atoms with Crippen LogP contribution < -0.4 is 19.7 Å². The number of nitrogens with one attached hydrogen (secondary N) is 1. The maximum atomic E-state index is 8.78. The van der Waals surface area contributed by atoms with Gasteiger partial charge in [-0.05, 0) is 31.3 Å². The van der Waals surface area contributed by atoms with E-state index in [-0.39, 0.29) is 0 Å². The molecule has 0 saturated heterocycles. The minimum absolute atomic E-state index is 0.403. The fraction of sp³-hybridized carbons (Fsp3) is 0.429. The fourth-order valence-electron chi connectivity index (χ4n) is 1.96. The third kappa shape index (κ3) is 3.31. The molecular weight excluding hydrogens is 274 g/mol. The van der Waals surface area contributed by atoms with E-state index in [4.69, 9.17) is 27.0 Å². The van der Waals surface area contributed by atoms with Gasteiger partial charge in [-0.15, -0.1) is 0 Å². The zero-order valence-electron chi connectivity index (χ0n) is 11.4. The normalized spacial score (nSPS) is 12.4. The highest BCUT2D eigenvalue weighted by Gasteiger charge is 2.16. The lowest BCUT2D eigenvalue weighted by Crippen LogP contribution is -2.40. The van der Waals surface area contributed by atoms with Crippen molar-refractivity contribution in [3.8, 4) is 17.6 Å². The predicted octanol–water partition coefficient (Wildman–Crippen LogP) is 2.07. The summed E-state index contributed by atoms with van der Waals surface area (Å²) >= 11 is 5.36. The third-order valence-corrected chi connectivity index (χ3v) is 3.22. The minimum Gasteiger partial charge on any atom is -0.486 e. The molecule has 106 valence electrons. The molecule has 1 aromatic carbocycles. The SMILES string of the molecule is CCNC(=S)N(CCC#N)c1ccc2c(c1)OCCO2. The molecule has 0 fully saturated rings. The molecule has 2 rings (SSSR count). The smallest absolute Gasteiger partial charge is 0.173 e. The molecule has 0 aromatic heterocycles. The summed E-state index contributed by atoms with van der Waals surface area (Å²) in [6.07, 6.45) is 0.403. The van der Waals surface area contributed by atoms with Gasteiger partial charge < -0.3 is 19.7 Å². The van der Waals surface area contributed by atoms with E-state index in [1.807, 2.05) is 30.0 Å². The van der Waals surface area contributed by atoms with Gasteiger partial charge in [0, 0.05) is 24.8 Å². The van der Waals surface area contributed by atoms with Crippen molar-refractivity contribution >= 4 is 23.0 Å². The summed E-state index contributed by atoms with van der Waals surface area (Å²) in [5.41, 5.74) is 0.899. The van der Waals surface area contributed by atoms with E-state index >= 15 is 0 Å². The Kier molecular flexibility index (Phi) is 5.02. The van der Waals surface area contributed by atoms with E-state index in [0.717, 1.165) is 23.7 Å². The topological polar surface area (TPSA) is 57.5 Å². The predicted molar refractivity (Wildman–Crippen MR) is 81.3 cm³/mol. The Balaban J connectivity index is 2.23. The van der Waals surface area contributed by atoms with Crippen molar-refractivity contribution in [2.24, 2.45) is 0 Å². The van der Waals surface area contributed by atoms with E-state index < -0.39 is 0 Å². The van der Waals surface area contributed by atoms with E-state index in [1.165, 1.54) is 0 Å². The van der Waals surface area contributed by atoms with Crippen molar-refractivity contribution in [1.82, 2.24) is 5.32 Å². The highest BCUT2D eigenvalue weighted by molar-refractivity contribution is 7.80. The third-order valence-electron chi connectivity index (χ3n) is 2.86. The summed E-state index contributed by atoms with van der Waals surface area (Å²) in [5, 5.41) is 12.5. The first kappa shape index (κ1) is 14.4. The van der Waals surface area contributed by atoms with Crippen LogP contribution in [0.1, 0.15) is 13.3 Å². The summed E-state index contributed by atoms with van der Waals surface area (Å²) in [5.74, 6) is 1.46. The van der Waals surface area contributed by atoms with Crippen LogP contribution in [-0.2, 0) is 0 Å². The Morgan fingerprint density at radius 3 is 2.85 bits per heavy atom. The molecule has 0 saturated carbocycles. The molecule has 1 heterocycles. The van der Waals surface area contributed by atoms with Crippen LogP contribution in [0.15, 0.2) is 18.2 Å². The number of rotatable bonds is 4. The lowest BCUT2D eigenvalue weighted by atomic mass is 10.2. The molecule has 0 unspecified atom stereocenters. The van der Waals surface area contributed by atoms with Crippen LogP contribution >= 0.6 is 12.2 Å². The van der Waals surface area contributed by atoms with Crippen molar-refractivity contribution in [2.75, 3.05) is 31.2 Å². The number of thiocarbonyl (C=S) groups is 1. The maximum Gasteiger partial charge on any atom is 0.173 e. The molecule has 0 aliphatic carbocycles. The summed E-state index contributed by atoms with van der Waals surface area (Å²) in [4.78, 5) is 1.90. The first-order chi connectivity index (χ1) is 9.76. The summed E-state index contributed by atoms with van der Waals surface area (Å²) < 4.78 is 11.1. The van der Waals surface area contributed by atoms with Gasteiger partial charge in [-0.1, -0.05) is 0 Å². The van der Waals surface area contributed by atoms with Crippen LogP contribution in [0.4, 0.5) is 5.69 Å². The number of nitriles is 1. The van der Waals surface area contributed by atoms with Gasteiger partial charge in [0.1, 0.15) is 13.2 Å². The van der Waals surface area contributed by atoms with E-state index in [2.05, 4.69) is 11.4 Å². The lowest BCUT2D eigenvalue weighted by molar-refractivity contribution is 0.171. The van der Waals surface area contributed by atoms with E-state index in [9.17, 15) is 0 Å².